The third-order valence-electron chi connectivity index (χ3n) is 5.79. The molecule has 0 aromatic rings. The Kier molecular flexibility index (Phi) is 8.19. The normalized spacial score (nSPS) is 24.6. The van der Waals surface area contributed by atoms with Crippen molar-refractivity contribution in [2.45, 2.75) is 83.1 Å². The number of nitrogens with one attached hydrogen (secondary N) is 1. The number of likely N-dealkylation sites (tertiary alicyclic amines) is 2. The van der Waals surface area contributed by atoms with E-state index in [0.29, 0.717) is 45.2 Å². The fourth-order valence-corrected chi connectivity index (χ4v) is 4.15. The van der Waals surface area contributed by atoms with Crippen molar-refractivity contribution in [2.24, 2.45) is 11.7 Å². The van der Waals surface area contributed by atoms with E-state index in [1.165, 1.54) is 16.7 Å². The first-order valence-electron chi connectivity index (χ1n) is 10.6. The molecule has 30 heavy (non-hydrogen) atoms. The van der Waals surface area contributed by atoms with Crippen molar-refractivity contribution in [1.82, 2.24) is 15.1 Å². The van der Waals surface area contributed by atoms with Crippen LogP contribution in [-0.4, -0.2) is 87.1 Å². The van der Waals surface area contributed by atoms with Gasteiger partial charge in [0.1, 0.15) is 24.2 Å². The van der Waals surface area contributed by atoms with Crippen molar-refractivity contribution in [3.8, 4) is 0 Å². The summed E-state index contributed by atoms with van der Waals surface area (Å²) < 4.78 is 0. The Bertz CT molecular complexity index is 668. The Morgan fingerprint density at radius 3 is 2.13 bits per heavy atom. The van der Waals surface area contributed by atoms with Crippen molar-refractivity contribution >= 4 is 23.7 Å². The molecule has 0 radical (unpaired) electrons. The molecule has 2 rings (SSSR count). The molecular weight excluding hydrogens is 392 g/mol. The molecule has 2 heterocycles. The summed E-state index contributed by atoms with van der Waals surface area (Å²) in [5.74, 6) is -2.29. The van der Waals surface area contributed by atoms with Crippen LogP contribution in [0.3, 0.4) is 0 Å². The van der Waals surface area contributed by atoms with Crippen molar-refractivity contribution in [1.29, 1.82) is 0 Å². The van der Waals surface area contributed by atoms with Gasteiger partial charge in [0.15, 0.2) is 0 Å². The van der Waals surface area contributed by atoms with E-state index in [0.717, 1.165) is 0 Å². The van der Waals surface area contributed by atoms with Gasteiger partial charge in [0.2, 0.25) is 17.7 Å². The van der Waals surface area contributed by atoms with Crippen LogP contribution in [0, 0.1) is 5.92 Å². The third-order valence-corrected chi connectivity index (χ3v) is 5.79. The number of carboxylic acids is 1. The second-order valence-corrected chi connectivity index (χ2v) is 8.67. The van der Waals surface area contributed by atoms with Gasteiger partial charge in [-0.05, 0) is 44.9 Å². The highest BCUT2D eigenvalue weighted by Crippen LogP contribution is 2.26. The molecule has 170 valence electrons. The molecule has 10 nitrogen and oxygen atoms in total. The zero-order chi connectivity index (χ0) is 22.6. The summed E-state index contributed by atoms with van der Waals surface area (Å²) in [7, 11) is 0. The lowest BCUT2D eigenvalue weighted by atomic mass is 10.0. The molecular formula is C20H34N4O6. The molecule has 0 saturated carbocycles. The van der Waals surface area contributed by atoms with Gasteiger partial charge >= 0.3 is 5.97 Å². The zero-order valence-electron chi connectivity index (χ0n) is 17.9. The summed E-state index contributed by atoms with van der Waals surface area (Å²) in [4.78, 5) is 53.0. The fraction of sp³-hybridized carbons (Fsp3) is 0.800. The van der Waals surface area contributed by atoms with Gasteiger partial charge in [0, 0.05) is 13.1 Å². The smallest absolute Gasteiger partial charge is 0.326 e. The van der Waals surface area contributed by atoms with Gasteiger partial charge in [-0.15, -0.1) is 0 Å². The van der Waals surface area contributed by atoms with Crippen molar-refractivity contribution in [3.63, 3.8) is 0 Å². The number of carbonyl (C=O) groups excluding carboxylic acids is 3. The first kappa shape index (κ1) is 24.1. The highest BCUT2D eigenvalue weighted by Gasteiger charge is 2.43. The van der Waals surface area contributed by atoms with Crippen LogP contribution in [0.15, 0.2) is 0 Å². The number of aliphatic carboxylic acids is 1. The van der Waals surface area contributed by atoms with Crippen molar-refractivity contribution in [3.05, 3.63) is 0 Å². The van der Waals surface area contributed by atoms with Gasteiger partial charge in [-0.25, -0.2) is 4.79 Å². The van der Waals surface area contributed by atoms with Gasteiger partial charge in [0.25, 0.3) is 0 Å². The van der Waals surface area contributed by atoms with Gasteiger partial charge in [-0.2, -0.15) is 0 Å². The van der Waals surface area contributed by atoms with Gasteiger partial charge < -0.3 is 31.1 Å². The lowest BCUT2D eigenvalue weighted by Crippen LogP contribution is -2.58. The molecule has 5 atom stereocenters. The molecule has 2 fully saturated rings. The molecule has 0 aromatic heterocycles. The lowest BCUT2D eigenvalue weighted by molar-refractivity contribution is -0.152. The number of aliphatic hydroxyl groups excluding tert-OH is 1. The standard InChI is InChI=1S/C20H34N4O6/c1-11(2)10-13(22-17(26)16(21)12(3)25)18(27)23-8-4-6-14(23)19(28)24-9-5-7-15(24)20(29)30/h11-16,25H,4-10,21H2,1-3H3,(H,22,26)(H,29,30). The maximum Gasteiger partial charge on any atom is 0.326 e. The summed E-state index contributed by atoms with van der Waals surface area (Å²) in [6.45, 7) is 5.95. The van der Waals surface area contributed by atoms with Crippen molar-refractivity contribution < 1.29 is 29.4 Å². The number of nitrogens with zero attached hydrogens (tertiary/aromatic N) is 2. The summed E-state index contributed by atoms with van der Waals surface area (Å²) in [5.41, 5.74) is 5.69. The molecule has 3 amide bonds. The van der Waals surface area contributed by atoms with Crippen molar-refractivity contribution in [2.75, 3.05) is 13.1 Å². The molecule has 0 bridgehead atoms. The van der Waals surface area contributed by atoms with Crippen LogP contribution in [-0.2, 0) is 19.2 Å². The number of aliphatic hydroxyl groups is 1. The number of amides is 3. The van der Waals surface area contributed by atoms with E-state index in [4.69, 9.17) is 5.73 Å². The van der Waals surface area contributed by atoms with Crippen LogP contribution >= 0.6 is 0 Å². The number of nitrogens with two attached hydrogens (primary N) is 1. The third kappa shape index (κ3) is 5.48. The zero-order valence-corrected chi connectivity index (χ0v) is 17.9. The Morgan fingerprint density at radius 1 is 1.03 bits per heavy atom. The van der Waals surface area contributed by atoms with Gasteiger partial charge in [-0.3, -0.25) is 14.4 Å². The maximum absolute atomic E-state index is 13.3. The Balaban J connectivity index is 2.16. The minimum absolute atomic E-state index is 0.0914. The molecule has 2 saturated heterocycles. The SMILES string of the molecule is CC(C)CC(NC(=O)C(N)C(C)O)C(=O)N1CCCC1C(=O)N1CCCC1C(=O)O. The minimum atomic E-state index is -1.16. The van der Waals surface area contributed by atoms with E-state index in [9.17, 15) is 29.4 Å². The highest BCUT2D eigenvalue weighted by atomic mass is 16.4. The maximum atomic E-state index is 13.3. The van der Waals surface area contributed by atoms with E-state index in [-0.39, 0.29) is 17.7 Å². The number of carbonyl (C=O) groups is 4. The predicted octanol–water partition coefficient (Wildman–Crippen LogP) is -0.708. The number of carboxylic acid groups (broad SMARTS) is 1. The van der Waals surface area contributed by atoms with Gasteiger partial charge in [0.05, 0.1) is 6.10 Å². The molecule has 0 aromatic carbocycles. The topological polar surface area (TPSA) is 153 Å². The molecule has 5 N–H and O–H groups in total. The van der Waals surface area contributed by atoms with Gasteiger partial charge in [-0.1, -0.05) is 13.8 Å². The Morgan fingerprint density at radius 2 is 1.60 bits per heavy atom. The second kappa shape index (κ2) is 10.2. The van der Waals surface area contributed by atoms with Crippen LogP contribution in [0.25, 0.3) is 0 Å². The molecule has 2 aliphatic rings. The Hall–Kier alpha value is -2.20. The number of hydrogen-bond donors (Lipinski definition) is 4. The highest BCUT2D eigenvalue weighted by molar-refractivity contribution is 5.94. The fourth-order valence-electron chi connectivity index (χ4n) is 4.15. The first-order valence-corrected chi connectivity index (χ1v) is 10.6. The summed E-state index contributed by atoms with van der Waals surface area (Å²) in [6, 6.07) is -3.62. The quantitative estimate of drug-likeness (QED) is 0.400. The van der Waals surface area contributed by atoms with E-state index < -0.39 is 42.1 Å². The molecule has 0 aliphatic carbocycles. The summed E-state index contributed by atoms with van der Waals surface area (Å²) >= 11 is 0. The predicted molar refractivity (Wildman–Crippen MR) is 108 cm³/mol. The average Bonchev–Trinajstić information content (AvgIpc) is 3.34. The van der Waals surface area contributed by atoms with Crippen LogP contribution in [0.5, 0.6) is 0 Å². The number of rotatable bonds is 8. The van der Waals surface area contributed by atoms with E-state index in [2.05, 4.69) is 5.32 Å². The summed E-state index contributed by atoms with van der Waals surface area (Å²) in [6.07, 6.45) is 1.41. The lowest BCUT2D eigenvalue weighted by Gasteiger charge is -2.33. The van der Waals surface area contributed by atoms with Crippen LogP contribution in [0.2, 0.25) is 0 Å². The van der Waals surface area contributed by atoms with E-state index >= 15 is 0 Å². The average molecular weight is 427 g/mol. The number of hydrogen-bond acceptors (Lipinski definition) is 6. The largest absolute Gasteiger partial charge is 0.480 e. The van der Waals surface area contributed by atoms with Crippen LogP contribution < -0.4 is 11.1 Å². The molecule has 0 spiro atoms. The molecule has 2 aliphatic heterocycles. The Labute approximate surface area is 176 Å². The first-order chi connectivity index (χ1) is 14.0. The minimum Gasteiger partial charge on any atom is -0.480 e. The van der Waals surface area contributed by atoms with Crippen LogP contribution in [0.4, 0.5) is 0 Å². The van der Waals surface area contributed by atoms with E-state index in [1.54, 1.807) is 0 Å². The molecule has 10 heteroatoms. The monoisotopic (exact) mass is 426 g/mol. The molecule has 5 unspecified atom stereocenters. The van der Waals surface area contributed by atoms with E-state index in [1.807, 2.05) is 13.8 Å². The van der Waals surface area contributed by atoms with Crippen LogP contribution in [0.1, 0.15) is 52.9 Å². The summed E-state index contributed by atoms with van der Waals surface area (Å²) in [5, 5.41) is 21.6. The second-order valence-electron chi connectivity index (χ2n) is 8.67.